The van der Waals surface area contributed by atoms with E-state index in [1.54, 1.807) is 11.3 Å². The molecule has 0 saturated carbocycles. The zero-order valence-electron chi connectivity index (χ0n) is 8.75. The minimum atomic E-state index is 0.581. The van der Waals surface area contributed by atoms with E-state index in [-0.39, 0.29) is 0 Å². The van der Waals surface area contributed by atoms with Gasteiger partial charge in [-0.05, 0) is 46.3 Å². The molecule has 1 nitrogen and oxygen atoms in total. The van der Waals surface area contributed by atoms with Gasteiger partial charge in [0.15, 0.2) is 0 Å². The van der Waals surface area contributed by atoms with Crippen molar-refractivity contribution in [2.24, 2.45) is 0 Å². The van der Waals surface area contributed by atoms with Crippen LogP contribution in [-0.2, 0) is 11.9 Å². The van der Waals surface area contributed by atoms with Gasteiger partial charge in [-0.15, -0.1) is 11.3 Å². The van der Waals surface area contributed by atoms with Crippen LogP contribution in [0.2, 0.25) is 5.02 Å². The fraction of sp³-hybridized carbons (Fsp3) is 0.167. The molecule has 1 heterocycles. The van der Waals surface area contributed by atoms with Crippen LogP contribution in [0.3, 0.4) is 0 Å². The van der Waals surface area contributed by atoms with E-state index in [0.717, 1.165) is 25.5 Å². The monoisotopic (exact) mass is 394 g/mol. The van der Waals surface area contributed by atoms with Crippen molar-refractivity contribution in [3.63, 3.8) is 0 Å². The Morgan fingerprint density at radius 1 is 1.24 bits per heavy atom. The summed E-state index contributed by atoms with van der Waals surface area (Å²) < 4.78 is 6.90. The summed E-state index contributed by atoms with van der Waals surface area (Å²) in [6.07, 6.45) is 0. The molecule has 0 radical (unpaired) electrons. The summed E-state index contributed by atoms with van der Waals surface area (Å²) >= 11 is 14.5. The van der Waals surface area contributed by atoms with Gasteiger partial charge in [0.25, 0.3) is 0 Å². The highest BCUT2D eigenvalue weighted by molar-refractivity contribution is 9.11. The number of benzene rings is 1. The minimum Gasteiger partial charge on any atom is -0.488 e. The Morgan fingerprint density at radius 3 is 2.71 bits per heavy atom. The number of alkyl halides is 1. The van der Waals surface area contributed by atoms with Crippen molar-refractivity contribution in [2.75, 3.05) is 0 Å². The molecule has 0 amide bonds. The van der Waals surface area contributed by atoms with Gasteiger partial charge in [-0.25, -0.2) is 0 Å². The third kappa shape index (κ3) is 3.71. The third-order valence-electron chi connectivity index (χ3n) is 2.17. The molecule has 0 unspecified atom stereocenters. The molecule has 0 N–H and O–H groups in total. The first-order chi connectivity index (χ1) is 8.19. The first kappa shape index (κ1) is 13.4. The molecule has 1 aromatic carbocycles. The van der Waals surface area contributed by atoms with Gasteiger partial charge in [0.05, 0.1) is 3.79 Å². The van der Waals surface area contributed by atoms with Gasteiger partial charge in [-0.1, -0.05) is 27.5 Å². The molecule has 0 spiro atoms. The maximum atomic E-state index is 5.94. The summed E-state index contributed by atoms with van der Waals surface area (Å²) in [5, 5.41) is 1.46. The van der Waals surface area contributed by atoms with E-state index in [0.29, 0.717) is 6.61 Å². The molecule has 0 saturated heterocycles. The molecule has 0 aliphatic carbocycles. The van der Waals surface area contributed by atoms with Crippen LogP contribution in [0, 0.1) is 0 Å². The van der Waals surface area contributed by atoms with Gasteiger partial charge in [0.2, 0.25) is 0 Å². The van der Waals surface area contributed by atoms with Crippen LogP contribution in [0.4, 0.5) is 0 Å². The van der Waals surface area contributed by atoms with Gasteiger partial charge in [-0.2, -0.15) is 0 Å². The summed E-state index contributed by atoms with van der Waals surface area (Å²) in [7, 11) is 0. The Labute approximate surface area is 126 Å². The highest BCUT2D eigenvalue weighted by Gasteiger charge is 2.05. The second kappa shape index (κ2) is 6.23. The number of rotatable bonds is 4. The largest absolute Gasteiger partial charge is 0.488 e. The second-order valence-corrected chi connectivity index (χ2v) is 6.92. The first-order valence-corrected chi connectivity index (χ1v) is 8.01. The predicted octanol–water partition coefficient (Wildman–Crippen LogP) is 5.64. The van der Waals surface area contributed by atoms with E-state index in [9.17, 15) is 0 Å². The molecule has 2 rings (SSSR count). The summed E-state index contributed by atoms with van der Waals surface area (Å²) in [5.74, 6) is 0.871. The molecule has 1 aromatic heterocycles. The van der Waals surface area contributed by atoms with Crippen molar-refractivity contribution in [3.8, 4) is 5.75 Å². The minimum absolute atomic E-state index is 0.581. The average Bonchev–Trinajstić information content (AvgIpc) is 2.73. The van der Waals surface area contributed by atoms with Crippen LogP contribution in [-0.4, -0.2) is 0 Å². The zero-order chi connectivity index (χ0) is 12.3. The lowest BCUT2D eigenvalue weighted by molar-refractivity contribution is 0.307. The van der Waals surface area contributed by atoms with Crippen LogP contribution in [0.25, 0.3) is 0 Å². The van der Waals surface area contributed by atoms with Crippen LogP contribution in [0.1, 0.15) is 10.4 Å². The number of hydrogen-bond acceptors (Lipinski definition) is 2. The molecule has 2 aromatic rings. The number of ether oxygens (including phenoxy) is 1. The maximum Gasteiger partial charge on any atom is 0.123 e. The summed E-state index contributed by atoms with van der Waals surface area (Å²) in [4.78, 5) is 1.19. The predicted molar refractivity (Wildman–Crippen MR) is 80.4 cm³/mol. The Balaban J connectivity index is 2.08. The highest BCUT2D eigenvalue weighted by Crippen LogP contribution is 2.27. The smallest absolute Gasteiger partial charge is 0.123 e. The Kier molecular flexibility index (Phi) is 4.91. The molecular weight excluding hydrogens is 387 g/mol. The molecule has 0 aliphatic rings. The zero-order valence-corrected chi connectivity index (χ0v) is 13.5. The molecule has 0 fully saturated rings. The van der Waals surface area contributed by atoms with Gasteiger partial charge in [-0.3, -0.25) is 0 Å². The van der Waals surface area contributed by atoms with Gasteiger partial charge in [0.1, 0.15) is 12.4 Å². The quantitative estimate of drug-likeness (QED) is 0.608. The molecule has 5 heteroatoms. The first-order valence-electron chi connectivity index (χ1n) is 4.90. The molecular formula is C12H9Br2ClOS. The molecule has 0 aliphatic heterocycles. The van der Waals surface area contributed by atoms with Gasteiger partial charge < -0.3 is 4.74 Å². The van der Waals surface area contributed by atoms with E-state index >= 15 is 0 Å². The fourth-order valence-corrected chi connectivity index (χ4v) is 3.40. The molecule has 17 heavy (non-hydrogen) atoms. The Bertz CT molecular complexity index is 513. The molecule has 0 bridgehead atoms. The lowest BCUT2D eigenvalue weighted by Crippen LogP contribution is -1.95. The topological polar surface area (TPSA) is 9.23 Å². The highest BCUT2D eigenvalue weighted by atomic mass is 79.9. The normalized spacial score (nSPS) is 10.5. The van der Waals surface area contributed by atoms with E-state index in [1.807, 2.05) is 24.3 Å². The van der Waals surface area contributed by atoms with Crippen molar-refractivity contribution in [2.45, 2.75) is 11.9 Å². The third-order valence-corrected chi connectivity index (χ3v) is 4.60. The SMILES string of the molecule is Clc1ccc(OCc2ccc(Br)s2)c(CBr)c1. The van der Waals surface area contributed by atoms with Crippen molar-refractivity contribution >= 4 is 54.8 Å². The van der Waals surface area contributed by atoms with Crippen LogP contribution >= 0.6 is 54.8 Å². The Hall–Kier alpha value is -0.0300. The summed E-state index contributed by atoms with van der Waals surface area (Å²) in [5.41, 5.74) is 1.06. The molecule has 90 valence electrons. The van der Waals surface area contributed by atoms with Crippen molar-refractivity contribution < 1.29 is 4.74 Å². The van der Waals surface area contributed by atoms with Crippen molar-refractivity contribution in [1.29, 1.82) is 0 Å². The number of hydrogen-bond donors (Lipinski definition) is 0. The van der Waals surface area contributed by atoms with Crippen LogP contribution in [0.15, 0.2) is 34.1 Å². The van der Waals surface area contributed by atoms with Crippen LogP contribution in [0.5, 0.6) is 5.75 Å². The van der Waals surface area contributed by atoms with E-state index in [2.05, 4.69) is 37.9 Å². The lowest BCUT2D eigenvalue weighted by atomic mass is 10.2. The number of halogens is 3. The van der Waals surface area contributed by atoms with Crippen molar-refractivity contribution in [3.05, 3.63) is 49.6 Å². The lowest BCUT2D eigenvalue weighted by Gasteiger charge is -2.09. The van der Waals surface area contributed by atoms with Crippen molar-refractivity contribution in [1.82, 2.24) is 0 Å². The standard InChI is InChI=1S/C12H9Br2ClOS/c13-6-8-5-9(15)1-3-11(8)16-7-10-2-4-12(14)17-10/h1-5H,6-7H2. The summed E-state index contributed by atoms with van der Waals surface area (Å²) in [6, 6.07) is 9.74. The van der Waals surface area contributed by atoms with E-state index in [1.165, 1.54) is 4.88 Å². The average molecular weight is 397 g/mol. The number of thiophene rings is 1. The Morgan fingerprint density at radius 2 is 2.06 bits per heavy atom. The fourth-order valence-electron chi connectivity index (χ4n) is 1.37. The van der Waals surface area contributed by atoms with Gasteiger partial charge >= 0.3 is 0 Å². The van der Waals surface area contributed by atoms with E-state index < -0.39 is 0 Å². The van der Waals surface area contributed by atoms with Gasteiger partial charge in [0, 0.05) is 20.8 Å². The van der Waals surface area contributed by atoms with Crippen LogP contribution < -0.4 is 4.74 Å². The van der Waals surface area contributed by atoms with E-state index in [4.69, 9.17) is 16.3 Å². The molecule has 0 atom stereocenters. The summed E-state index contributed by atoms with van der Waals surface area (Å²) in [6.45, 7) is 0.581. The second-order valence-electron chi connectivity index (χ2n) is 3.38. The maximum absolute atomic E-state index is 5.94.